The number of amides is 3. The molecule has 0 saturated carbocycles. The molecule has 3 amide bonds. The summed E-state index contributed by atoms with van der Waals surface area (Å²) in [6.07, 6.45) is 3.03. The minimum absolute atomic E-state index is 0.0143. The van der Waals surface area contributed by atoms with Gasteiger partial charge in [-0.05, 0) is 38.5 Å². The Morgan fingerprint density at radius 2 is 1.57 bits per heavy atom. The lowest BCUT2D eigenvalue weighted by atomic mass is 9.98. The predicted octanol–water partition coefficient (Wildman–Crippen LogP) is -0.0689. The second-order valence-electron chi connectivity index (χ2n) is 7.86. The summed E-state index contributed by atoms with van der Waals surface area (Å²) >= 11 is 0. The highest BCUT2D eigenvalue weighted by Crippen LogP contribution is 2.22. The molecule has 158 valence electrons. The normalized spacial score (nSPS) is 25.3. The van der Waals surface area contributed by atoms with Crippen LogP contribution in [0.2, 0.25) is 0 Å². The topological polar surface area (TPSA) is 133 Å². The Balaban J connectivity index is 1.99. The van der Waals surface area contributed by atoms with Gasteiger partial charge in [-0.25, -0.2) is 4.79 Å². The molecule has 2 saturated heterocycles. The van der Waals surface area contributed by atoms with Gasteiger partial charge in [0.25, 0.3) is 0 Å². The lowest BCUT2D eigenvalue weighted by Gasteiger charge is -2.30. The van der Waals surface area contributed by atoms with Gasteiger partial charge in [0.1, 0.15) is 18.1 Å². The highest BCUT2D eigenvalue weighted by atomic mass is 16.4. The summed E-state index contributed by atoms with van der Waals surface area (Å²) in [7, 11) is 0. The summed E-state index contributed by atoms with van der Waals surface area (Å²) in [6, 6.07) is -3.00. The number of nitrogens with two attached hydrogens (primary N) is 1. The van der Waals surface area contributed by atoms with E-state index in [9.17, 15) is 24.3 Å². The van der Waals surface area contributed by atoms with E-state index in [0.717, 1.165) is 6.42 Å². The van der Waals surface area contributed by atoms with E-state index >= 15 is 0 Å². The molecule has 0 aliphatic carbocycles. The summed E-state index contributed by atoms with van der Waals surface area (Å²) in [6.45, 7) is 6.25. The monoisotopic (exact) mass is 396 g/mol. The fraction of sp³-hybridized carbons (Fsp3) is 0.789. The molecular formula is C19H32N4O5. The predicted molar refractivity (Wildman–Crippen MR) is 102 cm³/mol. The standard InChI is InChI=1S/C19H32N4O5/c1-4-11(2)15(20)18(26)22-9-5-7-13(22)16(24)21-12(3)17(25)23-10-6-8-14(23)19(27)28/h11-15H,4-10,20H2,1-3H3,(H,21,24)(H,27,28). The number of carbonyl (C=O) groups is 4. The Morgan fingerprint density at radius 1 is 1.04 bits per heavy atom. The summed E-state index contributed by atoms with van der Waals surface area (Å²) in [5.74, 6) is -2.06. The second-order valence-corrected chi connectivity index (χ2v) is 7.86. The third kappa shape index (κ3) is 4.63. The maximum Gasteiger partial charge on any atom is 0.326 e. The van der Waals surface area contributed by atoms with Crippen LogP contribution in [0.5, 0.6) is 0 Å². The highest BCUT2D eigenvalue weighted by molar-refractivity contribution is 5.94. The van der Waals surface area contributed by atoms with Crippen LogP contribution in [0.3, 0.4) is 0 Å². The van der Waals surface area contributed by atoms with E-state index in [1.165, 1.54) is 9.80 Å². The van der Waals surface area contributed by atoms with Gasteiger partial charge in [0, 0.05) is 13.1 Å². The maximum atomic E-state index is 12.7. The van der Waals surface area contributed by atoms with Crippen LogP contribution in [0.25, 0.3) is 0 Å². The maximum absolute atomic E-state index is 12.7. The molecule has 0 radical (unpaired) electrons. The quantitative estimate of drug-likeness (QED) is 0.552. The van der Waals surface area contributed by atoms with Gasteiger partial charge in [0.05, 0.1) is 6.04 Å². The molecule has 9 nitrogen and oxygen atoms in total. The van der Waals surface area contributed by atoms with E-state index in [2.05, 4.69) is 5.32 Å². The van der Waals surface area contributed by atoms with Crippen molar-refractivity contribution in [2.45, 2.75) is 77.0 Å². The van der Waals surface area contributed by atoms with E-state index in [0.29, 0.717) is 38.8 Å². The van der Waals surface area contributed by atoms with E-state index in [-0.39, 0.29) is 11.8 Å². The third-order valence-electron chi connectivity index (χ3n) is 5.93. The Kier molecular flexibility index (Phi) is 7.40. The SMILES string of the molecule is CCC(C)C(N)C(=O)N1CCCC1C(=O)NC(C)C(=O)N1CCCC1C(=O)O. The molecule has 4 N–H and O–H groups in total. The molecular weight excluding hydrogens is 364 g/mol. The molecule has 0 aromatic rings. The van der Waals surface area contributed by atoms with Gasteiger partial charge in [0.2, 0.25) is 17.7 Å². The van der Waals surface area contributed by atoms with Crippen LogP contribution >= 0.6 is 0 Å². The Morgan fingerprint density at radius 3 is 2.11 bits per heavy atom. The Hall–Kier alpha value is -2.16. The van der Waals surface area contributed by atoms with E-state index in [1.807, 2.05) is 13.8 Å². The molecule has 0 aromatic heterocycles. The van der Waals surface area contributed by atoms with Crippen LogP contribution < -0.4 is 11.1 Å². The van der Waals surface area contributed by atoms with Crippen LogP contribution in [-0.4, -0.2) is 75.9 Å². The number of carboxylic acids is 1. The van der Waals surface area contributed by atoms with Crippen molar-refractivity contribution in [3.05, 3.63) is 0 Å². The number of nitrogens with one attached hydrogen (secondary N) is 1. The van der Waals surface area contributed by atoms with Crippen molar-refractivity contribution in [1.82, 2.24) is 15.1 Å². The van der Waals surface area contributed by atoms with Crippen molar-refractivity contribution >= 4 is 23.7 Å². The zero-order chi connectivity index (χ0) is 21.0. The number of likely N-dealkylation sites (tertiary alicyclic amines) is 2. The largest absolute Gasteiger partial charge is 0.480 e. The average Bonchev–Trinajstić information content (AvgIpc) is 3.34. The van der Waals surface area contributed by atoms with Crippen molar-refractivity contribution in [3.63, 3.8) is 0 Å². The molecule has 2 fully saturated rings. The summed E-state index contributed by atoms with van der Waals surface area (Å²) in [4.78, 5) is 52.1. The molecule has 5 atom stereocenters. The Bertz CT molecular complexity index is 625. The van der Waals surface area contributed by atoms with Gasteiger partial charge >= 0.3 is 5.97 Å². The molecule has 28 heavy (non-hydrogen) atoms. The van der Waals surface area contributed by atoms with E-state index < -0.39 is 42.0 Å². The molecule has 2 aliphatic heterocycles. The Labute approximate surface area is 165 Å². The lowest BCUT2D eigenvalue weighted by molar-refractivity contribution is -0.149. The number of hydrogen-bond donors (Lipinski definition) is 3. The number of rotatable bonds is 7. The summed E-state index contributed by atoms with van der Waals surface area (Å²) in [5, 5.41) is 11.9. The summed E-state index contributed by atoms with van der Waals surface area (Å²) in [5.41, 5.74) is 6.05. The van der Waals surface area contributed by atoms with Crippen LogP contribution in [-0.2, 0) is 19.2 Å². The van der Waals surface area contributed by atoms with Crippen LogP contribution in [0.4, 0.5) is 0 Å². The number of hydrogen-bond acceptors (Lipinski definition) is 5. The zero-order valence-corrected chi connectivity index (χ0v) is 16.9. The second kappa shape index (κ2) is 9.36. The van der Waals surface area contributed by atoms with Gasteiger partial charge in [-0.1, -0.05) is 20.3 Å². The van der Waals surface area contributed by atoms with Gasteiger partial charge in [-0.2, -0.15) is 0 Å². The molecule has 5 unspecified atom stereocenters. The third-order valence-corrected chi connectivity index (χ3v) is 5.93. The summed E-state index contributed by atoms with van der Waals surface area (Å²) < 4.78 is 0. The minimum Gasteiger partial charge on any atom is -0.480 e. The minimum atomic E-state index is -1.03. The first-order chi connectivity index (χ1) is 13.2. The van der Waals surface area contributed by atoms with Gasteiger partial charge < -0.3 is 26.0 Å². The van der Waals surface area contributed by atoms with Crippen molar-refractivity contribution in [3.8, 4) is 0 Å². The molecule has 2 heterocycles. The van der Waals surface area contributed by atoms with E-state index in [1.54, 1.807) is 6.92 Å². The van der Waals surface area contributed by atoms with Crippen LogP contribution in [0.15, 0.2) is 0 Å². The number of carbonyl (C=O) groups excluding carboxylic acids is 3. The number of nitrogens with zero attached hydrogens (tertiary/aromatic N) is 2. The van der Waals surface area contributed by atoms with Crippen LogP contribution in [0, 0.1) is 5.92 Å². The van der Waals surface area contributed by atoms with E-state index in [4.69, 9.17) is 5.73 Å². The average molecular weight is 396 g/mol. The first-order valence-electron chi connectivity index (χ1n) is 10.1. The van der Waals surface area contributed by atoms with Crippen molar-refractivity contribution in [1.29, 1.82) is 0 Å². The van der Waals surface area contributed by atoms with Gasteiger partial charge in [-0.3, -0.25) is 14.4 Å². The van der Waals surface area contributed by atoms with Gasteiger partial charge in [0.15, 0.2) is 0 Å². The van der Waals surface area contributed by atoms with Crippen molar-refractivity contribution in [2.24, 2.45) is 11.7 Å². The fourth-order valence-corrected chi connectivity index (χ4v) is 3.90. The molecule has 0 spiro atoms. The zero-order valence-electron chi connectivity index (χ0n) is 16.9. The fourth-order valence-electron chi connectivity index (χ4n) is 3.90. The molecule has 0 aromatic carbocycles. The molecule has 9 heteroatoms. The van der Waals surface area contributed by atoms with Gasteiger partial charge in [-0.15, -0.1) is 0 Å². The number of aliphatic carboxylic acids is 1. The first-order valence-corrected chi connectivity index (χ1v) is 10.1. The van der Waals surface area contributed by atoms with Crippen molar-refractivity contribution < 1.29 is 24.3 Å². The lowest BCUT2D eigenvalue weighted by Crippen LogP contribution is -2.56. The first kappa shape index (κ1) is 22.1. The molecule has 2 aliphatic rings. The molecule has 0 bridgehead atoms. The van der Waals surface area contributed by atoms with Crippen molar-refractivity contribution in [2.75, 3.05) is 13.1 Å². The molecule has 2 rings (SSSR count). The highest BCUT2D eigenvalue weighted by Gasteiger charge is 2.40. The number of carboxylic acid groups (broad SMARTS) is 1. The smallest absolute Gasteiger partial charge is 0.326 e. The van der Waals surface area contributed by atoms with Crippen LogP contribution in [0.1, 0.15) is 52.9 Å².